The van der Waals surface area contributed by atoms with E-state index in [9.17, 15) is 4.79 Å². The molecule has 0 aliphatic carbocycles. The number of H-pyrrole nitrogens is 1. The van der Waals surface area contributed by atoms with Gasteiger partial charge in [-0.1, -0.05) is 0 Å². The number of aromatic nitrogens is 2. The van der Waals surface area contributed by atoms with E-state index < -0.39 is 0 Å². The van der Waals surface area contributed by atoms with Crippen molar-refractivity contribution in [2.24, 2.45) is 0 Å². The van der Waals surface area contributed by atoms with Crippen molar-refractivity contribution < 1.29 is 0 Å². The first kappa shape index (κ1) is 11.8. The lowest BCUT2D eigenvalue weighted by molar-refractivity contribution is 1.05. The molecule has 0 atom stereocenters. The minimum Gasteiger partial charge on any atom is -0.306 e. The van der Waals surface area contributed by atoms with E-state index in [1.807, 2.05) is 36.4 Å². The standard InChI is InChI=1S/C11H11IN2OS/c1-5-4-8(7(3)16-5)10-13-6(2)9(12)11(15)14-10/h4H,1-3H3,(H,13,14,15). The molecule has 1 N–H and O–H groups in total. The molecular weight excluding hydrogens is 335 g/mol. The zero-order valence-corrected chi connectivity index (χ0v) is 12.2. The highest BCUT2D eigenvalue weighted by Gasteiger charge is 2.10. The third kappa shape index (κ3) is 2.06. The second-order valence-electron chi connectivity index (χ2n) is 3.64. The van der Waals surface area contributed by atoms with Crippen LogP contribution < -0.4 is 5.56 Å². The monoisotopic (exact) mass is 346 g/mol. The van der Waals surface area contributed by atoms with Gasteiger partial charge in [0.1, 0.15) is 5.82 Å². The van der Waals surface area contributed by atoms with Gasteiger partial charge in [-0.3, -0.25) is 4.79 Å². The number of hydrogen-bond donors (Lipinski definition) is 1. The molecule has 0 aliphatic rings. The Kier molecular flexibility index (Phi) is 3.16. The maximum absolute atomic E-state index is 11.7. The van der Waals surface area contributed by atoms with E-state index >= 15 is 0 Å². The number of nitrogens with zero attached hydrogens (tertiary/aromatic N) is 1. The van der Waals surface area contributed by atoms with Gasteiger partial charge in [0.05, 0.1) is 9.26 Å². The van der Waals surface area contributed by atoms with Crippen LogP contribution in [0.5, 0.6) is 0 Å². The van der Waals surface area contributed by atoms with Crippen LogP contribution in [0.2, 0.25) is 0 Å². The molecule has 0 saturated heterocycles. The molecule has 5 heteroatoms. The van der Waals surface area contributed by atoms with Gasteiger partial charge < -0.3 is 4.98 Å². The zero-order chi connectivity index (χ0) is 11.9. The van der Waals surface area contributed by atoms with Gasteiger partial charge in [0.15, 0.2) is 0 Å². The summed E-state index contributed by atoms with van der Waals surface area (Å²) >= 11 is 3.73. The van der Waals surface area contributed by atoms with Crippen molar-refractivity contribution in [3.8, 4) is 11.4 Å². The highest BCUT2D eigenvalue weighted by molar-refractivity contribution is 14.1. The van der Waals surface area contributed by atoms with Gasteiger partial charge in [-0.25, -0.2) is 4.98 Å². The average Bonchev–Trinajstić information content (AvgIpc) is 2.53. The summed E-state index contributed by atoms with van der Waals surface area (Å²) in [6, 6.07) is 2.06. The van der Waals surface area contributed by atoms with Crippen LogP contribution in [0, 0.1) is 24.3 Å². The number of aryl methyl sites for hydroxylation is 3. The number of aromatic amines is 1. The van der Waals surface area contributed by atoms with Crippen LogP contribution in [0.3, 0.4) is 0 Å². The van der Waals surface area contributed by atoms with Gasteiger partial charge in [-0.15, -0.1) is 11.3 Å². The molecular formula is C11H11IN2OS. The fraction of sp³-hybridized carbons (Fsp3) is 0.273. The van der Waals surface area contributed by atoms with E-state index in [0.29, 0.717) is 9.39 Å². The predicted molar refractivity (Wildman–Crippen MR) is 75.1 cm³/mol. The number of rotatable bonds is 1. The molecule has 2 rings (SSSR count). The second-order valence-corrected chi connectivity index (χ2v) is 6.18. The number of thiophene rings is 1. The Morgan fingerprint density at radius 3 is 2.56 bits per heavy atom. The van der Waals surface area contributed by atoms with E-state index in [2.05, 4.69) is 23.0 Å². The first-order valence-corrected chi connectivity index (χ1v) is 6.72. The molecule has 84 valence electrons. The molecule has 2 aromatic rings. The summed E-state index contributed by atoms with van der Waals surface area (Å²) in [4.78, 5) is 21.3. The van der Waals surface area contributed by atoms with Gasteiger partial charge in [0, 0.05) is 15.3 Å². The largest absolute Gasteiger partial charge is 0.306 e. The Balaban J connectivity index is 2.66. The summed E-state index contributed by atoms with van der Waals surface area (Å²) in [5.74, 6) is 0.671. The van der Waals surface area contributed by atoms with Crippen molar-refractivity contribution in [2.45, 2.75) is 20.8 Å². The lowest BCUT2D eigenvalue weighted by atomic mass is 10.2. The molecule has 0 fully saturated rings. The fourth-order valence-corrected chi connectivity index (χ4v) is 2.75. The highest BCUT2D eigenvalue weighted by Crippen LogP contribution is 2.27. The predicted octanol–water partition coefficient (Wildman–Crippen LogP) is 3.03. The number of halogens is 1. The SMILES string of the molecule is Cc1cc(-c2nc(C)c(I)c(=O)[nH]2)c(C)s1. The normalized spacial score (nSPS) is 10.8. The molecule has 0 saturated carbocycles. The molecule has 0 bridgehead atoms. The lowest BCUT2D eigenvalue weighted by Gasteiger charge is -2.02. The van der Waals surface area contributed by atoms with Crippen molar-refractivity contribution in [1.82, 2.24) is 9.97 Å². The maximum Gasteiger partial charge on any atom is 0.264 e. The van der Waals surface area contributed by atoms with Crippen LogP contribution in [0.1, 0.15) is 15.4 Å². The van der Waals surface area contributed by atoms with Crippen molar-refractivity contribution >= 4 is 33.9 Å². The smallest absolute Gasteiger partial charge is 0.264 e. The summed E-state index contributed by atoms with van der Waals surface area (Å²) in [6.45, 7) is 5.95. The molecule has 0 spiro atoms. The quantitative estimate of drug-likeness (QED) is 0.807. The third-order valence-electron chi connectivity index (χ3n) is 2.32. The Hall–Kier alpha value is -0.690. The van der Waals surface area contributed by atoms with Crippen LogP contribution in [0.25, 0.3) is 11.4 Å². The fourth-order valence-electron chi connectivity index (χ4n) is 1.56. The van der Waals surface area contributed by atoms with Crippen molar-refractivity contribution in [3.05, 3.63) is 35.4 Å². The number of nitrogens with one attached hydrogen (secondary N) is 1. The van der Waals surface area contributed by atoms with Gasteiger partial charge >= 0.3 is 0 Å². The first-order chi connectivity index (χ1) is 7.49. The summed E-state index contributed by atoms with van der Waals surface area (Å²) < 4.78 is 0.658. The van der Waals surface area contributed by atoms with Crippen molar-refractivity contribution in [2.75, 3.05) is 0 Å². The van der Waals surface area contributed by atoms with Gasteiger partial charge in [-0.2, -0.15) is 0 Å². The van der Waals surface area contributed by atoms with Crippen LogP contribution in [0.15, 0.2) is 10.9 Å². The van der Waals surface area contributed by atoms with Crippen molar-refractivity contribution in [3.63, 3.8) is 0 Å². The minimum absolute atomic E-state index is 0.0636. The molecule has 0 radical (unpaired) electrons. The molecule has 0 aliphatic heterocycles. The van der Waals surface area contributed by atoms with E-state index in [0.717, 1.165) is 11.3 Å². The minimum atomic E-state index is -0.0636. The Morgan fingerprint density at radius 1 is 1.38 bits per heavy atom. The summed E-state index contributed by atoms with van der Waals surface area (Å²) in [5, 5.41) is 0. The van der Waals surface area contributed by atoms with Crippen LogP contribution in [-0.4, -0.2) is 9.97 Å². The Labute approximate surface area is 111 Å². The number of hydrogen-bond acceptors (Lipinski definition) is 3. The molecule has 3 nitrogen and oxygen atoms in total. The highest BCUT2D eigenvalue weighted by atomic mass is 127. The topological polar surface area (TPSA) is 45.8 Å². The van der Waals surface area contributed by atoms with Crippen LogP contribution in [0.4, 0.5) is 0 Å². The van der Waals surface area contributed by atoms with Crippen molar-refractivity contribution in [1.29, 1.82) is 0 Å². The Morgan fingerprint density at radius 2 is 2.06 bits per heavy atom. The van der Waals surface area contributed by atoms with E-state index in [1.54, 1.807) is 11.3 Å². The van der Waals surface area contributed by atoms with E-state index in [4.69, 9.17) is 0 Å². The summed E-state index contributed by atoms with van der Waals surface area (Å²) in [5.41, 5.74) is 1.74. The molecule has 0 aromatic carbocycles. The van der Waals surface area contributed by atoms with Gasteiger partial charge in [-0.05, 0) is 49.4 Å². The van der Waals surface area contributed by atoms with Gasteiger partial charge in [0.2, 0.25) is 0 Å². The second kappa shape index (κ2) is 4.29. The molecule has 2 aromatic heterocycles. The van der Waals surface area contributed by atoms with E-state index in [1.165, 1.54) is 9.75 Å². The Bertz CT molecular complexity index is 601. The molecule has 2 heterocycles. The molecule has 16 heavy (non-hydrogen) atoms. The van der Waals surface area contributed by atoms with Gasteiger partial charge in [0.25, 0.3) is 5.56 Å². The summed E-state index contributed by atoms with van der Waals surface area (Å²) in [7, 11) is 0. The maximum atomic E-state index is 11.7. The molecule has 0 unspecified atom stereocenters. The average molecular weight is 346 g/mol. The van der Waals surface area contributed by atoms with Crippen LogP contribution in [-0.2, 0) is 0 Å². The lowest BCUT2D eigenvalue weighted by Crippen LogP contribution is -2.14. The summed E-state index contributed by atoms with van der Waals surface area (Å²) in [6.07, 6.45) is 0. The van der Waals surface area contributed by atoms with E-state index in [-0.39, 0.29) is 5.56 Å². The molecule has 0 amide bonds. The zero-order valence-electron chi connectivity index (χ0n) is 9.22. The first-order valence-electron chi connectivity index (χ1n) is 4.83. The van der Waals surface area contributed by atoms with Crippen LogP contribution >= 0.6 is 33.9 Å². The third-order valence-corrected chi connectivity index (χ3v) is 4.56.